The third kappa shape index (κ3) is 3.02. The topological polar surface area (TPSA) is 80.5 Å². The molecule has 1 heterocycles. The van der Waals surface area contributed by atoms with Crippen molar-refractivity contribution in [1.82, 2.24) is 0 Å². The van der Waals surface area contributed by atoms with Gasteiger partial charge in [-0.05, 0) is 44.0 Å². The Labute approximate surface area is 119 Å². The van der Waals surface area contributed by atoms with Gasteiger partial charge in [0, 0.05) is 24.7 Å². The minimum Gasteiger partial charge on any atom is -0.325 e. The molecule has 0 radical (unpaired) electrons. The Hall–Kier alpha value is -1.40. The third-order valence-corrected chi connectivity index (χ3v) is 5.34. The summed E-state index contributed by atoms with van der Waals surface area (Å²) in [4.78, 5) is 13.4. The first kappa shape index (κ1) is 15.0. The highest BCUT2D eigenvalue weighted by atomic mass is 32.2. The van der Waals surface area contributed by atoms with Crippen LogP contribution in [-0.2, 0) is 21.1 Å². The molecule has 0 unspecified atom stereocenters. The number of amides is 1. The van der Waals surface area contributed by atoms with E-state index in [-0.39, 0.29) is 16.6 Å². The second-order valence-corrected chi connectivity index (χ2v) is 7.95. The average molecular weight is 296 g/mol. The minimum absolute atomic E-state index is 0.0255. The molecule has 0 fully saturated rings. The second kappa shape index (κ2) is 4.86. The van der Waals surface area contributed by atoms with E-state index in [4.69, 9.17) is 5.73 Å². The van der Waals surface area contributed by atoms with E-state index in [9.17, 15) is 13.2 Å². The fraction of sp³-hybridized carbons (Fsp3) is 0.500. The molecule has 0 bridgehead atoms. The van der Waals surface area contributed by atoms with Gasteiger partial charge in [0.2, 0.25) is 5.91 Å². The van der Waals surface area contributed by atoms with Crippen molar-refractivity contribution in [2.45, 2.75) is 37.6 Å². The number of hydrogen-bond donors (Lipinski definition) is 1. The maximum atomic E-state index is 12.3. The third-order valence-electron chi connectivity index (χ3n) is 3.25. The number of hydrogen-bond acceptors (Lipinski definition) is 4. The molecule has 110 valence electrons. The van der Waals surface area contributed by atoms with Crippen molar-refractivity contribution in [3.8, 4) is 0 Å². The van der Waals surface area contributed by atoms with E-state index in [1.54, 1.807) is 36.9 Å². The Morgan fingerprint density at radius 2 is 2.05 bits per heavy atom. The number of carbonyl (C=O) groups excluding carboxylic acids is 1. The maximum absolute atomic E-state index is 12.3. The molecular formula is C14H20N2O3S. The van der Waals surface area contributed by atoms with Crippen molar-refractivity contribution in [2.75, 3.05) is 17.2 Å². The van der Waals surface area contributed by atoms with Gasteiger partial charge in [-0.2, -0.15) is 0 Å². The van der Waals surface area contributed by atoms with Crippen LogP contribution in [0.25, 0.3) is 0 Å². The summed E-state index contributed by atoms with van der Waals surface area (Å²) >= 11 is 0. The van der Waals surface area contributed by atoms with Crippen molar-refractivity contribution in [3.05, 3.63) is 23.8 Å². The SMILES string of the molecule is CC(=O)N1CCc2cc(S(=O)(=O)CC(C)(C)N)ccc21. The largest absolute Gasteiger partial charge is 0.325 e. The summed E-state index contributed by atoms with van der Waals surface area (Å²) in [6.07, 6.45) is 0.685. The van der Waals surface area contributed by atoms with Crippen molar-refractivity contribution in [2.24, 2.45) is 5.73 Å². The molecule has 1 aliphatic heterocycles. The number of fused-ring (bicyclic) bond motifs is 1. The lowest BCUT2D eigenvalue weighted by Gasteiger charge is -2.19. The van der Waals surface area contributed by atoms with Gasteiger partial charge in [0.05, 0.1) is 10.6 Å². The molecule has 1 amide bonds. The van der Waals surface area contributed by atoms with Crippen molar-refractivity contribution >= 4 is 21.4 Å². The highest BCUT2D eigenvalue weighted by Crippen LogP contribution is 2.30. The lowest BCUT2D eigenvalue weighted by atomic mass is 10.1. The molecule has 0 atom stereocenters. The van der Waals surface area contributed by atoms with Crippen LogP contribution in [0.15, 0.2) is 23.1 Å². The van der Waals surface area contributed by atoms with E-state index >= 15 is 0 Å². The van der Waals surface area contributed by atoms with Crippen molar-refractivity contribution in [3.63, 3.8) is 0 Å². The number of anilines is 1. The summed E-state index contributed by atoms with van der Waals surface area (Å²) in [6, 6.07) is 4.93. The minimum atomic E-state index is -3.41. The van der Waals surface area contributed by atoms with Gasteiger partial charge in [0.15, 0.2) is 9.84 Å². The zero-order valence-corrected chi connectivity index (χ0v) is 12.8. The van der Waals surface area contributed by atoms with Crippen LogP contribution in [0.2, 0.25) is 0 Å². The van der Waals surface area contributed by atoms with Crippen LogP contribution in [0.3, 0.4) is 0 Å². The molecule has 0 spiro atoms. The van der Waals surface area contributed by atoms with E-state index in [0.717, 1.165) is 11.3 Å². The number of carbonyl (C=O) groups is 1. The lowest BCUT2D eigenvalue weighted by molar-refractivity contribution is -0.116. The van der Waals surface area contributed by atoms with E-state index in [1.807, 2.05) is 0 Å². The second-order valence-electron chi connectivity index (χ2n) is 5.96. The van der Waals surface area contributed by atoms with E-state index < -0.39 is 15.4 Å². The van der Waals surface area contributed by atoms with E-state index in [1.165, 1.54) is 6.92 Å². The molecule has 2 N–H and O–H groups in total. The summed E-state index contributed by atoms with van der Waals surface area (Å²) in [5.41, 5.74) is 6.73. The number of sulfone groups is 1. The number of nitrogens with two attached hydrogens (primary N) is 1. The summed E-state index contributed by atoms with van der Waals surface area (Å²) in [6.45, 7) is 5.50. The molecule has 2 rings (SSSR count). The fourth-order valence-electron chi connectivity index (χ4n) is 2.47. The lowest BCUT2D eigenvalue weighted by Crippen LogP contribution is -2.39. The van der Waals surface area contributed by atoms with Crippen LogP contribution in [0.1, 0.15) is 26.3 Å². The summed E-state index contributed by atoms with van der Waals surface area (Å²) in [7, 11) is -3.41. The first-order valence-electron chi connectivity index (χ1n) is 6.53. The molecular weight excluding hydrogens is 276 g/mol. The highest BCUT2D eigenvalue weighted by Gasteiger charge is 2.27. The van der Waals surface area contributed by atoms with Gasteiger partial charge in [-0.25, -0.2) is 8.42 Å². The Kier molecular flexibility index (Phi) is 3.64. The van der Waals surface area contributed by atoms with E-state index in [2.05, 4.69) is 0 Å². The normalized spacial score (nSPS) is 15.3. The van der Waals surface area contributed by atoms with Crippen LogP contribution < -0.4 is 10.6 Å². The van der Waals surface area contributed by atoms with Gasteiger partial charge in [-0.1, -0.05) is 0 Å². The summed E-state index contributed by atoms with van der Waals surface area (Å²) < 4.78 is 24.6. The van der Waals surface area contributed by atoms with Gasteiger partial charge >= 0.3 is 0 Å². The quantitative estimate of drug-likeness (QED) is 0.906. The molecule has 1 aromatic rings. The molecule has 0 saturated heterocycles. The molecule has 6 heteroatoms. The Morgan fingerprint density at radius 1 is 1.40 bits per heavy atom. The average Bonchev–Trinajstić information content (AvgIpc) is 2.67. The first-order valence-corrected chi connectivity index (χ1v) is 8.18. The Bertz CT molecular complexity index is 645. The monoisotopic (exact) mass is 296 g/mol. The predicted molar refractivity (Wildman–Crippen MR) is 78.5 cm³/mol. The molecule has 20 heavy (non-hydrogen) atoms. The van der Waals surface area contributed by atoms with Crippen LogP contribution in [0, 0.1) is 0 Å². The van der Waals surface area contributed by atoms with E-state index in [0.29, 0.717) is 13.0 Å². The predicted octanol–water partition coefficient (Wildman–Crippen LogP) is 1.11. The van der Waals surface area contributed by atoms with Crippen LogP contribution in [-0.4, -0.2) is 32.2 Å². The van der Waals surface area contributed by atoms with Crippen LogP contribution in [0.4, 0.5) is 5.69 Å². The van der Waals surface area contributed by atoms with Gasteiger partial charge in [0.1, 0.15) is 0 Å². The van der Waals surface area contributed by atoms with Crippen LogP contribution >= 0.6 is 0 Å². The van der Waals surface area contributed by atoms with Crippen molar-refractivity contribution in [1.29, 1.82) is 0 Å². The number of nitrogens with zero attached hydrogens (tertiary/aromatic N) is 1. The molecule has 1 aromatic carbocycles. The van der Waals surface area contributed by atoms with Crippen molar-refractivity contribution < 1.29 is 13.2 Å². The fourth-order valence-corrected chi connectivity index (χ4v) is 4.22. The Balaban J connectivity index is 2.36. The highest BCUT2D eigenvalue weighted by molar-refractivity contribution is 7.91. The van der Waals surface area contributed by atoms with Gasteiger partial charge < -0.3 is 10.6 Å². The standard InChI is InChI=1S/C14H20N2O3S/c1-10(17)16-7-6-11-8-12(4-5-13(11)16)20(18,19)9-14(2,3)15/h4-5,8H,6-7,9,15H2,1-3H3. The molecule has 0 aliphatic carbocycles. The molecule has 5 nitrogen and oxygen atoms in total. The maximum Gasteiger partial charge on any atom is 0.223 e. The number of rotatable bonds is 3. The summed E-state index contributed by atoms with van der Waals surface area (Å²) in [5, 5.41) is 0. The first-order chi connectivity index (χ1) is 9.10. The molecule has 0 saturated carbocycles. The van der Waals surface area contributed by atoms with Gasteiger partial charge in [-0.3, -0.25) is 4.79 Å². The smallest absolute Gasteiger partial charge is 0.223 e. The van der Waals surface area contributed by atoms with Crippen LogP contribution in [0.5, 0.6) is 0 Å². The summed E-state index contributed by atoms with van der Waals surface area (Å²) in [5.74, 6) is -0.127. The number of benzene rings is 1. The van der Waals surface area contributed by atoms with Gasteiger partial charge in [0.25, 0.3) is 0 Å². The molecule has 0 aromatic heterocycles. The Morgan fingerprint density at radius 3 is 2.60 bits per heavy atom. The zero-order valence-electron chi connectivity index (χ0n) is 12.0. The van der Waals surface area contributed by atoms with Gasteiger partial charge in [-0.15, -0.1) is 0 Å². The zero-order chi connectivity index (χ0) is 15.1. The molecule has 1 aliphatic rings.